The van der Waals surface area contributed by atoms with Crippen molar-refractivity contribution in [3.8, 4) is 0 Å². The maximum absolute atomic E-state index is 11.7. The summed E-state index contributed by atoms with van der Waals surface area (Å²) in [5.74, 6) is -2.64. The van der Waals surface area contributed by atoms with Gasteiger partial charge in [0.1, 0.15) is 6.04 Å². The van der Waals surface area contributed by atoms with E-state index in [2.05, 4.69) is 5.32 Å². The van der Waals surface area contributed by atoms with Crippen LogP contribution in [0.4, 0.5) is 10.5 Å². The number of para-hydroxylation sites is 1. The van der Waals surface area contributed by atoms with Gasteiger partial charge in [-0.1, -0.05) is 18.2 Å². The predicted octanol–water partition coefficient (Wildman–Crippen LogP) is 0.814. The van der Waals surface area contributed by atoms with Crippen molar-refractivity contribution in [3.63, 3.8) is 0 Å². The highest BCUT2D eigenvalue weighted by Gasteiger charge is 2.27. The molecule has 1 aromatic rings. The first kappa shape index (κ1) is 21.2. The van der Waals surface area contributed by atoms with Crippen molar-refractivity contribution >= 4 is 23.7 Å². The molecule has 0 aromatic heterocycles. The summed E-state index contributed by atoms with van der Waals surface area (Å²) in [6.07, 6.45) is -1.75. The summed E-state index contributed by atoms with van der Waals surface area (Å²) >= 11 is 0. The van der Waals surface area contributed by atoms with Gasteiger partial charge >= 0.3 is 18.0 Å². The number of anilines is 1. The Morgan fingerprint density at radius 1 is 1.19 bits per heavy atom. The maximum atomic E-state index is 11.7. The molecule has 1 unspecified atom stereocenters. The largest absolute Gasteiger partial charge is 0.733 e. The molecule has 1 amide bonds. The molecule has 0 spiro atoms. The van der Waals surface area contributed by atoms with E-state index in [1.165, 1.54) is 24.3 Å². The van der Waals surface area contributed by atoms with Gasteiger partial charge in [0.25, 0.3) is 0 Å². The minimum Gasteiger partial charge on any atom is -0.733 e. The van der Waals surface area contributed by atoms with Crippen LogP contribution in [0.1, 0.15) is 30.9 Å². The molecule has 0 aliphatic heterocycles. The fourth-order valence-electron chi connectivity index (χ4n) is 2.08. The number of rotatable bonds is 10. The maximum Gasteiger partial charge on any atom is 0.408 e. The number of hydrogen-bond donors (Lipinski definition) is 5. The second-order valence-corrected chi connectivity index (χ2v) is 5.32. The normalized spacial score (nSPS) is 12.7. The Morgan fingerprint density at radius 3 is 2.42 bits per heavy atom. The van der Waals surface area contributed by atoms with Gasteiger partial charge in [-0.05, 0) is 25.3 Å². The van der Waals surface area contributed by atoms with Gasteiger partial charge in [0.05, 0.1) is 5.69 Å². The quantitative estimate of drug-likeness (QED) is 0.291. The molecule has 11 nitrogen and oxygen atoms in total. The number of nitrogens with two attached hydrogens (primary N) is 1. The van der Waals surface area contributed by atoms with E-state index in [0.29, 0.717) is 12.8 Å². The van der Waals surface area contributed by atoms with Crippen LogP contribution in [0.25, 0.3) is 0 Å². The second kappa shape index (κ2) is 10.2. The van der Waals surface area contributed by atoms with E-state index in [-0.39, 0.29) is 24.2 Å². The van der Waals surface area contributed by atoms with Gasteiger partial charge in [-0.15, -0.1) is 0 Å². The summed E-state index contributed by atoms with van der Waals surface area (Å²) in [6.45, 7) is 0.118. The zero-order chi connectivity index (χ0) is 19.7. The highest BCUT2D eigenvalue weighted by atomic mass is 16.8. The minimum absolute atomic E-state index is 0.118. The second-order valence-electron chi connectivity index (χ2n) is 5.32. The molecule has 0 aliphatic rings. The Morgan fingerprint density at radius 2 is 1.85 bits per heavy atom. The van der Waals surface area contributed by atoms with E-state index in [0.717, 1.165) is 0 Å². The summed E-state index contributed by atoms with van der Waals surface area (Å²) in [5.41, 5.74) is 4.77. The third kappa shape index (κ3) is 6.55. The summed E-state index contributed by atoms with van der Waals surface area (Å²) in [5, 5.41) is 39.8. The van der Waals surface area contributed by atoms with Crippen molar-refractivity contribution in [2.24, 2.45) is 5.73 Å². The third-order valence-corrected chi connectivity index (χ3v) is 3.40. The van der Waals surface area contributed by atoms with Crippen molar-refractivity contribution in [1.82, 2.24) is 5.32 Å². The van der Waals surface area contributed by atoms with Crippen LogP contribution in [0, 0.1) is 5.21 Å². The molecule has 26 heavy (non-hydrogen) atoms. The molecule has 0 aliphatic carbocycles. The zero-order valence-corrected chi connectivity index (χ0v) is 13.7. The fourth-order valence-corrected chi connectivity index (χ4v) is 2.08. The van der Waals surface area contributed by atoms with Gasteiger partial charge in [0.15, 0.2) is 0 Å². The lowest BCUT2D eigenvalue weighted by Gasteiger charge is -2.26. The molecule has 1 rings (SSSR count). The number of carboxylic acid groups (broad SMARTS) is 2. The molecular weight excluding hydrogens is 350 g/mol. The van der Waals surface area contributed by atoms with E-state index in [9.17, 15) is 24.7 Å². The SMILES string of the molecule is N[C@@H](CCCCNC(=O)OC(C(=O)O)c1ccccc1N([O-])O)C(=O)O. The van der Waals surface area contributed by atoms with Gasteiger partial charge < -0.3 is 36.4 Å². The Bertz CT molecular complexity index is 637. The smallest absolute Gasteiger partial charge is 0.408 e. The molecule has 2 atom stereocenters. The van der Waals surface area contributed by atoms with Gasteiger partial charge in [0, 0.05) is 12.1 Å². The van der Waals surface area contributed by atoms with Crippen molar-refractivity contribution in [3.05, 3.63) is 35.0 Å². The molecule has 0 saturated heterocycles. The Balaban J connectivity index is 2.57. The van der Waals surface area contributed by atoms with Crippen molar-refractivity contribution < 1.29 is 34.5 Å². The van der Waals surface area contributed by atoms with Crippen LogP contribution in [0.2, 0.25) is 0 Å². The van der Waals surface area contributed by atoms with Crippen LogP contribution < -0.4 is 16.3 Å². The number of nitrogens with zero attached hydrogens (tertiary/aromatic N) is 1. The summed E-state index contributed by atoms with van der Waals surface area (Å²) in [7, 11) is 0. The molecule has 1 aromatic carbocycles. The lowest BCUT2D eigenvalue weighted by atomic mass is 10.1. The van der Waals surface area contributed by atoms with Gasteiger partial charge in [0.2, 0.25) is 6.10 Å². The molecular formula is C15H20N3O8-. The van der Waals surface area contributed by atoms with Crippen molar-refractivity contribution in [2.45, 2.75) is 31.4 Å². The predicted molar refractivity (Wildman–Crippen MR) is 88.4 cm³/mol. The van der Waals surface area contributed by atoms with Crippen molar-refractivity contribution in [2.75, 3.05) is 11.8 Å². The topological polar surface area (TPSA) is 185 Å². The standard InChI is InChI=1S/C15H20N3O8/c16-10(13(19)20)6-3-4-8-17-15(23)26-12(14(21)22)9-5-1-2-7-11(9)18(24)25/h1-2,5,7,10,12,24H,3-4,6,8,16H2,(H,17,23)(H,19,20)(H,21,22)/q-1/t10-,12?/m0/s1. The number of amides is 1. The molecule has 0 fully saturated rings. The zero-order valence-electron chi connectivity index (χ0n) is 13.7. The summed E-state index contributed by atoms with van der Waals surface area (Å²) < 4.78 is 4.81. The average Bonchev–Trinajstić information content (AvgIpc) is 2.58. The van der Waals surface area contributed by atoms with E-state index >= 15 is 0 Å². The number of carbonyl (C=O) groups excluding carboxylic acids is 1. The minimum atomic E-state index is -1.80. The first-order valence-electron chi connectivity index (χ1n) is 7.64. The Labute approximate surface area is 148 Å². The number of carbonyl (C=O) groups is 3. The molecule has 0 radical (unpaired) electrons. The van der Waals surface area contributed by atoms with Crippen LogP contribution in [0.15, 0.2) is 24.3 Å². The van der Waals surface area contributed by atoms with Crippen molar-refractivity contribution in [1.29, 1.82) is 0 Å². The van der Waals surface area contributed by atoms with E-state index < -0.39 is 35.4 Å². The van der Waals surface area contributed by atoms with Gasteiger partial charge in [-0.25, -0.2) is 9.59 Å². The lowest BCUT2D eigenvalue weighted by molar-refractivity contribution is -0.147. The summed E-state index contributed by atoms with van der Waals surface area (Å²) in [4.78, 5) is 33.6. The molecule has 6 N–H and O–H groups in total. The average molecular weight is 370 g/mol. The summed E-state index contributed by atoms with van der Waals surface area (Å²) in [6, 6.07) is 4.25. The number of hydrogen-bond acceptors (Lipinski definition) is 8. The number of nitrogens with one attached hydrogen (secondary N) is 1. The number of carboxylic acids is 2. The number of aliphatic carboxylic acids is 2. The molecule has 0 bridgehead atoms. The van der Waals surface area contributed by atoms with Gasteiger partial charge in [-0.3, -0.25) is 10.0 Å². The fraction of sp³-hybridized carbons (Fsp3) is 0.400. The van der Waals surface area contributed by atoms with E-state index in [4.69, 9.17) is 20.8 Å². The van der Waals surface area contributed by atoms with Crippen LogP contribution in [-0.4, -0.2) is 46.0 Å². The van der Waals surface area contributed by atoms with E-state index in [1.807, 2.05) is 0 Å². The van der Waals surface area contributed by atoms with Crippen LogP contribution >= 0.6 is 0 Å². The number of benzene rings is 1. The Hall–Kier alpha value is -2.89. The van der Waals surface area contributed by atoms with Gasteiger partial charge in [-0.2, -0.15) is 0 Å². The van der Waals surface area contributed by atoms with E-state index in [1.54, 1.807) is 0 Å². The third-order valence-electron chi connectivity index (χ3n) is 3.40. The molecule has 0 saturated carbocycles. The lowest BCUT2D eigenvalue weighted by Crippen LogP contribution is -2.31. The van der Waals surface area contributed by atoms with Crippen LogP contribution in [0.3, 0.4) is 0 Å². The molecule has 144 valence electrons. The number of alkyl carbamates (subject to hydrolysis) is 1. The van der Waals surface area contributed by atoms with Crippen LogP contribution in [0.5, 0.6) is 0 Å². The highest BCUT2D eigenvalue weighted by molar-refractivity contribution is 5.81. The first-order chi connectivity index (χ1) is 12.2. The molecule has 11 heteroatoms. The first-order valence-corrected chi connectivity index (χ1v) is 7.64. The number of unbranched alkanes of at least 4 members (excludes halogenated alkanes) is 1. The Kier molecular flexibility index (Phi) is 8.28. The molecule has 0 heterocycles. The number of ether oxygens (including phenoxy) is 1. The monoisotopic (exact) mass is 370 g/mol. The highest BCUT2D eigenvalue weighted by Crippen LogP contribution is 2.28. The van der Waals surface area contributed by atoms with Crippen LogP contribution in [-0.2, 0) is 14.3 Å².